The molecule has 92 valence electrons. The van der Waals surface area contributed by atoms with Gasteiger partial charge in [0.2, 0.25) is 0 Å². The minimum absolute atomic E-state index is 0.263. The molecule has 1 aromatic rings. The average molecular weight is 253 g/mol. The van der Waals surface area contributed by atoms with E-state index in [0.717, 1.165) is 37.0 Å². The molecule has 2 rings (SSSR count). The van der Waals surface area contributed by atoms with Crippen molar-refractivity contribution in [1.29, 1.82) is 0 Å². The Labute approximate surface area is 107 Å². The summed E-state index contributed by atoms with van der Waals surface area (Å²) in [6.07, 6.45) is 4.50. The highest BCUT2D eigenvalue weighted by Crippen LogP contribution is 2.36. The largest absolute Gasteiger partial charge is 0.496 e. The van der Waals surface area contributed by atoms with Crippen molar-refractivity contribution in [3.05, 3.63) is 28.8 Å². The van der Waals surface area contributed by atoms with Gasteiger partial charge in [-0.3, -0.25) is 4.79 Å². The third kappa shape index (κ3) is 3.01. The molecule has 0 spiro atoms. The van der Waals surface area contributed by atoms with Crippen LogP contribution < -0.4 is 4.74 Å². The quantitative estimate of drug-likeness (QED) is 0.745. The molecule has 0 saturated heterocycles. The van der Waals surface area contributed by atoms with Crippen molar-refractivity contribution in [3.63, 3.8) is 0 Å². The zero-order valence-electron chi connectivity index (χ0n) is 10.0. The monoisotopic (exact) mass is 252 g/mol. The highest BCUT2D eigenvalue weighted by molar-refractivity contribution is 6.30. The van der Waals surface area contributed by atoms with Gasteiger partial charge in [-0.05, 0) is 42.5 Å². The van der Waals surface area contributed by atoms with Crippen molar-refractivity contribution in [2.45, 2.75) is 38.0 Å². The molecule has 1 aromatic carbocycles. The molecule has 0 bridgehead atoms. The van der Waals surface area contributed by atoms with Crippen LogP contribution in [0.15, 0.2) is 18.2 Å². The van der Waals surface area contributed by atoms with Crippen LogP contribution >= 0.6 is 11.6 Å². The Hall–Kier alpha value is -1.02. The molecule has 1 aliphatic carbocycles. The first-order valence-electron chi connectivity index (χ1n) is 6.06. The molecule has 0 aliphatic heterocycles. The number of methoxy groups -OCH3 is 1. The Morgan fingerprint density at radius 2 is 2.18 bits per heavy atom. The van der Waals surface area contributed by atoms with E-state index in [-0.39, 0.29) is 5.92 Å². The predicted molar refractivity (Wildman–Crippen MR) is 68.8 cm³/mol. The molecule has 2 nitrogen and oxygen atoms in total. The molecule has 17 heavy (non-hydrogen) atoms. The Balaban J connectivity index is 2.30. The summed E-state index contributed by atoms with van der Waals surface area (Å²) in [6.45, 7) is 0. The molecule has 1 atom stereocenters. The fourth-order valence-electron chi connectivity index (χ4n) is 2.48. The maximum absolute atomic E-state index is 11.7. The molecule has 0 radical (unpaired) electrons. The number of ether oxygens (including phenoxy) is 1. The molecule has 0 N–H and O–H groups in total. The van der Waals surface area contributed by atoms with E-state index in [1.54, 1.807) is 7.11 Å². The summed E-state index contributed by atoms with van der Waals surface area (Å²) in [7, 11) is 1.66. The first-order valence-corrected chi connectivity index (χ1v) is 6.43. The second kappa shape index (κ2) is 5.54. The van der Waals surface area contributed by atoms with Crippen molar-refractivity contribution in [1.82, 2.24) is 0 Å². The number of hydrogen-bond donors (Lipinski definition) is 0. The summed E-state index contributed by atoms with van der Waals surface area (Å²) in [5.74, 6) is 1.46. The number of carbonyl (C=O) groups is 1. The van der Waals surface area contributed by atoms with Gasteiger partial charge < -0.3 is 4.74 Å². The maximum Gasteiger partial charge on any atom is 0.133 e. The van der Waals surface area contributed by atoms with Crippen LogP contribution in [0.4, 0.5) is 0 Å². The topological polar surface area (TPSA) is 26.3 Å². The van der Waals surface area contributed by atoms with Crippen LogP contribution in [0.25, 0.3) is 0 Å². The van der Waals surface area contributed by atoms with E-state index in [0.29, 0.717) is 17.2 Å². The Bertz CT molecular complexity index is 415. The summed E-state index contributed by atoms with van der Waals surface area (Å²) in [6, 6.07) is 5.64. The Kier molecular flexibility index (Phi) is 4.06. The van der Waals surface area contributed by atoms with Gasteiger partial charge in [0.25, 0.3) is 0 Å². The molecule has 1 aliphatic rings. The van der Waals surface area contributed by atoms with Crippen LogP contribution in [0.3, 0.4) is 0 Å². The fraction of sp³-hybridized carbons (Fsp3) is 0.500. The van der Waals surface area contributed by atoms with E-state index in [9.17, 15) is 4.79 Å². The molecule has 1 saturated carbocycles. The van der Waals surface area contributed by atoms with Crippen LogP contribution in [0.2, 0.25) is 5.02 Å². The molecule has 0 heterocycles. The van der Waals surface area contributed by atoms with E-state index in [1.165, 1.54) is 0 Å². The fourth-order valence-corrected chi connectivity index (χ4v) is 2.66. The highest BCUT2D eigenvalue weighted by atomic mass is 35.5. The smallest absolute Gasteiger partial charge is 0.133 e. The lowest BCUT2D eigenvalue weighted by Crippen LogP contribution is -2.05. The summed E-state index contributed by atoms with van der Waals surface area (Å²) in [4.78, 5) is 11.7. The molecule has 3 heteroatoms. The summed E-state index contributed by atoms with van der Waals surface area (Å²) in [5.41, 5.74) is 1.08. The second-order valence-electron chi connectivity index (χ2n) is 4.57. The SMILES string of the molecule is COc1ccc(Cl)cc1C1CCCCC(=O)C1. The lowest BCUT2D eigenvalue weighted by Gasteiger charge is -2.17. The first kappa shape index (κ1) is 12.4. The number of Topliss-reactive ketones (excluding diaryl/α,β-unsaturated/α-hetero) is 1. The van der Waals surface area contributed by atoms with Crippen molar-refractivity contribution in [3.8, 4) is 5.75 Å². The third-order valence-corrected chi connectivity index (χ3v) is 3.60. The number of hydrogen-bond acceptors (Lipinski definition) is 2. The van der Waals surface area contributed by atoms with Gasteiger partial charge in [-0.2, -0.15) is 0 Å². The number of carbonyl (C=O) groups excluding carboxylic acids is 1. The van der Waals surface area contributed by atoms with E-state index >= 15 is 0 Å². The summed E-state index contributed by atoms with van der Waals surface area (Å²) in [5, 5.41) is 0.706. The number of rotatable bonds is 2. The standard InChI is InChI=1S/C14H17ClO2/c1-17-14-7-6-11(15)9-13(14)10-4-2-3-5-12(16)8-10/h6-7,9-10H,2-5,8H2,1H3. The van der Waals surface area contributed by atoms with Crippen LogP contribution in [0, 0.1) is 0 Å². The van der Waals surface area contributed by atoms with Gasteiger partial charge in [0.15, 0.2) is 0 Å². The van der Waals surface area contributed by atoms with E-state index < -0.39 is 0 Å². The molecule has 0 aromatic heterocycles. The predicted octanol–water partition coefficient (Wildman–Crippen LogP) is 3.97. The molecular formula is C14H17ClO2. The van der Waals surface area contributed by atoms with E-state index in [4.69, 9.17) is 16.3 Å². The number of halogens is 1. The maximum atomic E-state index is 11.7. The first-order chi connectivity index (χ1) is 8.20. The zero-order valence-corrected chi connectivity index (χ0v) is 10.8. The molecular weight excluding hydrogens is 236 g/mol. The number of ketones is 1. The van der Waals surface area contributed by atoms with Crippen molar-refractivity contribution in [2.75, 3.05) is 7.11 Å². The van der Waals surface area contributed by atoms with E-state index in [1.807, 2.05) is 18.2 Å². The van der Waals surface area contributed by atoms with Gasteiger partial charge in [-0.15, -0.1) is 0 Å². The Morgan fingerprint density at radius 3 is 2.94 bits per heavy atom. The third-order valence-electron chi connectivity index (χ3n) is 3.36. The van der Waals surface area contributed by atoms with Gasteiger partial charge in [0, 0.05) is 17.9 Å². The molecule has 1 fully saturated rings. The minimum atomic E-state index is 0.263. The van der Waals surface area contributed by atoms with Crippen LogP contribution in [0.1, 0.15) is 43.6 Å². The second-order valence-corrected chi connectivity index (χ2v) is 5.01. The van der Waals surface area contributed by atoms with Crippen molar-refractivity contribution >= 4 is 17.4 Å². The molecule has 0 amide bonds. The van der Waals surface area contributed by atoms with Crippen molar-refractivity contribution < 1.29 is 9.53 Å². The Morgan fingerprint density at radius 1 is 1.35 bits per heavy atom. The van der Waals surface area contributed by atoms with Crippen LogP contribution in [-0.2, 0) is 4.79 Å². The minimum Gasteiger partial charge on any atom is -0.496 e. The lowest BCUT2D eigenvalue weighted by atomic mass is 9.91. The summed E-state index contributed by atoms with van der Waals surface area (Å²) >= 11 is 6.03. The highest BCUT2D eigenvalue weighted by Gasteiger charge is 2.22. The summed E-state index contributed by atoms with van der Waals surface area (Å²) < 4.78 is 5.36. The average Bonchev–Trinajstić information content (AvgIpc) is 2.54. The van der Waals surface area contributed by atoms with Gasteiger partial charge in [-0.25, -0.2) is 0 Å². The van der Waals surface area contributed by atoms with Gasteiger partial charge >= 0.3 is 0 Å². The normalized spacial score (nSPS) is 21.1. The lowest BCUT2D eigenvalue weighted by molar-refractivity contribution is -0.119. The van der Waals surface area contributed by atoms with Crippen LogP contribution in [-0.4, -0.2) is 12.9 Å². The van der Waals surface area contributed by atoms with Crippen LogP contribution in [0.5, 0.6) is 5.75 Å². The van der Waals surface area contributed by atoms with Gasteiger partial charge in [0.05, 0.1) is 7.11 Å². The zero-order chi connectivity index (χ0) is 12.3. The van der Waals surface area contributed by atoms with Crippen molar-refractivity contribution in [2.24, 2.45) is 0 Å². The molecule has 1 unspecified atom stereocenters. The van der Waals surface area contributed by atoms with Gasteiger partial charge in [-0.1, -0.05) is 18.0 Å². The number of benzene rings is 1. The van der Waals surface area contributed by atoms with E-state index in [2.05, 4.69) is 0 Å². The van der Waals surface area contributed by atoms with Gasteiger partial charge in [0.1, 0.15) is 11.5 Å².